The van der Waals surface area contributed by atoms with Crippen molar-refractivity contribution >= 4 is 10.0 Å². The Balaban J connectivity index is 1.97. The second-order valence-corrected chi connectivity index (χ2v) is 7.86. The molecular weight excluding hydrogens is 312 g/mol. The Kier molecular flexibility index (Phi) is 6.87. The first kappa shape index (κ1) is 18.2. The Morgan fingerprint density at radius 2 is 1.65 bits per heavy atom. The van der Waals surface area contributed by atoms with Gasteiger partial charge in [-0.25, -0.2) is 8.42 Å². The molecule has 1 aliphatic heterocycles. The third kappa shape index (κ3) is 4.93. The summed E-state index contributed by atoms with van der Waals surface area (Å²) in [7, 11) is -3.39. The molecule has 6 heteroatoms. The van der Waals surface area contributed by atoms with Gasteiger partial charge in [-0.15, -0.1) is 0 Å². The molecule has 0 N–H and O–H groups in total. The average Bonchev–Trinajstić information content (AvgIpc) is 2.56. The monoisotopic (exact) mass is 340 g/mol. The van der Waals surface area contributed by atoms with Crippen LogP contribution in [0.3, 0.4) is 0 Å². The normalized spacial score (nSPS) is 17.3. The van der Waals surface area contributed by atoms with E-state index in [1.165, 1.54) is 0 Å². The highest BCUT2D eigenvalue weighted by molar-refractivity contribution is 7.89. The van der Waals surface area contributed by atoms with Crippen molar-refractivity contribution in [1.82, 2.24) is 9.21 Å². The summed E-state index contributed by atoms with van der Waals surface area (Å²) in [5.41, 5.74) is 0. The van der Waals surface area contributed by atoms with Crippen LogP contribution >= 0.6 is 0 Å². The van der Waals surface area contributed by atoms with Crippen molar-refractivity contribution in [3.8, 4) is 5.75 Å². The van der Waals surface area contributed by atoms with Crippen molar-refractivity contribution in [3.05, 3.63) is 24.3 Å². The van der Waals surface area contributed by atoms with Gasteiger partial charge in [0.2, 0.25) is 10.0 Å². The number of hydrogen-bond donors (Lipinski definition) is 0. The number of sulfonamides is 1. The predicted octanol–water partition coefficient (Wildman–Crippen LogP) is 2.58. The van der Waals surface area contributed by atoms with Crippen LogP contribution in [0.15, 0.2) is 29.2 Å². The molecule has 1 heterocycles. The lowest BCUT2D eigenvalue weighted by Crippen LogP contribution is -2.48. The van der Waals surface area contributed by atoms with Gasteiger partial charge in [0.1, 0.15) is 5.75 Å². The van der Waals surface area contributed by atoms with Crippen LogP contribution < -0.4 is 4.74 Å². The van der Waals surface area contributed by atoms with Gasteiger partial charge in [-0.1, -0.05) is 20.3 Å². The molecule has 0 spiro atoms. The lowest BCUT2D eigenvalue weighted by Gasteiger charge is -2.33. The molecule has 1 aliphatic rings. The largest absolute Gasteiger partial charge is 0.494 e. The van der Waals surface area contributed by atoms with E-state index in [-0.39, 0.29) is 0 Å². The van der Waals surface area contributed by atoms with Crippen molar-refractivity contribution < 1.29 is 13.2 Å². The zero-order valence-electron chi connectivity index (χ0n) is 14.2. The zero-order valence-corrected chi connectivity index (χ0v) is 15.0. The Morgan fingerprint density at radius 1 is 1.00 bits per heavy atom. The van der Waals surface area contributed by atoms with E-state index in [2.05, 4.69) is 18.7 Å². The summed E-state index contributed by atoms with van der Waals surface area (Å²) in [5.74, 6) is 0.727. The highest BCUT2D eigenvalue weighted by Gasteiger charge is 2.28. The van der Waals surface area contributed by atoms with Crippen LogP contribution in [-0.2, 0) is 10.0 Å². The molecule has 0 bridgehead atoms. The van der Waals surface area contributed by atoms with Gasteiger partial charge in [-0.3, -0.25) is 0 Å². The van der Waals surface area contributed by atoms with Crippen molar-refractivity contribution in [2.75, 3.05) is 39.3 Å². The molecule has 0 aromatic heterocycles. The minimum Gasteiger partial charge on any atom is -0.494 e. The minimum absolute atomic E-state index is 0.351. The van der Waals surface area contributed by atoms with Gasteiger partial charge in [0.05, 0.1) is 11.5 Å². The number of ether oxygens (including phenoxy) is 1. The fraction of sp³-hybridized carbons (Fsp3) is 0.647. The summed E-state index contributed by atoms with van der Waals surface area (Å²) in [6.45, 7) is 8.72. The Morgan fingerprint density at radius 3 is 2.22 bits per heavy atom. The van der Waals surface area contributed by atoms with E-state index in [0.29, 0.717) is 24.6 Å². The van der Waals surface area contributed by atoms with E-state index in [1.807, 2.05) is 0 Å². The maximum absolute atomic E-state index is 12.7. The molecule has 23 heavy (non-hydrogen) atoms. The molecule has 1 aromatic carbocycles. The van der Waals surface area contributed by atoms with E-state index >= 15 is 0 Å². The molecule has 130 valence electrons. The molecule has 1 saturated heterocycles. The van der Waals surface area contributed by atoms with Gasteiger partial charge < -0.3 is 9.64 Å². The van der Waals surface area contributed by atoms with Gasteiger partial charge in [-0.2, -0.15) is 4.31 Å². The molecule has 1 aromatic rings. The average molecular weight is 340 g/mol. The Bertz CT molecular complexity index is 564. The second kappa shape index (κ2) is 8.66. The smallest absolute Gasteiger partial charge is 0.243 e. The first-order chi connectivity index (χ1) is 11.1. The number of hydrogen-bond acceptors (Lipinski definition) is 4. The van der Waals surface area contributed by atoms with E-state index in [0.717, 1.165) is 44.6 Å². The standard InChI is InChI=1S/C17H28N2O3S/c1-3-5-15-22-16-6-8-17(9-7-16)23(20,21)19-13-11-18(10-4-2)12-14-19/h6-9H,3-5,10-15H2,1-2H3. The van der Waals surface area contributed by atoms with E-state index in [1.54, 1.807) is 28.6 Å². The van der Waals surface area contributed by atoms with Crippen LogP contribution in [0.4, 0.5) is 0 Å². The molecule has 0 unspecified atom stereocenters. The zero-order chi connectivity index (χ0) is 16.7. The molecule has 2 rings (SSSR count). The van der Waals surface area contributed by atoms with Crippen LogP contribution in [0, 0.1) is 0 Å². The Hall–Kier alpha value is -1.11. The SMILES string of the molecule is CCCCOc1ccc(S(=O)(=O)N2CCN(CCC)CC2)cc1. The van der Waals surface area contributed by atoms with Crippen molar-refractivity contribution in [2.24, 2.45) is 0 Å². The van der Waals surface area contributed by atoms with Gasteiger partial charge in [0.15, 0.2) is 0 Å². The third-order valence-corrected chi connectivity index (χ3v) is 6.01. The van der Waals surface area contributed by atoms with Crippen LogP contribution in [0.1, 0.15) is 33.1 Å². The third-order valence-electron chi connectivity index (χ3n) is 4.10. The highest BCUT2D eigenvalue weighted by Crippen LogP contribution is 2.21. The van der Waals surface area contributed by atoms with E-state index < -0.39 is 10.0 Å². The fourth-order valence-electron chi connectivity index (χ4n) is 2.70. The maximum atomic E-state index is 12.7. The van der Waals surface area contributed by atoms with Crippen molar-refractivity contribution in [2.45, 2.75) is 38.0 Å². The first-order valence-electron chi connectivity index (χ1n) is 8.53. The summed E-state index contributed by atoms with van der Waals surface area (Å²) in [4.78, 5) is 2.67. The molecule has 0 amide bonds. The van der Waals surface area contributed by atoms with Crippen LogP contribution in [-0.4, -0.2) is 57.0 Å². The van der Waals surface area contributed by atoms with Gasteiger partial charge in [0, 0.05) is 26.2 Å². The number of piperazine rings is 1. The number of rotatable bonds is 8. The quantitative estimate of drug-likeness (QED) is 0.683. The highest BCUT2D eigenvalue weighted by atomic mass is 32.2. The molecule has 1 fully saturated rings. The summed E-state index contributed by atoms with van der Waals surface area (Å²) in [5, 5.41) is 0. The Labute approximate surface area is 140 Å². The van der Waals surface area contributed by atoms with Crippen LogP contribution in [0.25, 0.3) is 0 Å². The topological polar surface area (TPSA) is 49.9 Å². The van der Waals surface area contributed by atoms with Crippen LogP contribution in [0.5, 0.6) is 5.75 Å². The van der Waals surface area contributed by atoms with Crippen LogP contribution in [0.2, 0.25) is 0 Å². The molecule has 0 saturated carbocycles. The van der Waals surface area contributed by atoms with Gasteiger partial charge >= 0.3 is 0 Å². The first-order valence-corrected chi connectivity index (χ1v) is 9.97. The van der Waals surface area contributed by atoms with Crippen molar-refractivity contribution in [3.63, 3.8) is 0 Å². The molecule has 0 atom stereocenters. The maximum Gasteiger partial charge on any atom is 0.243 e. The van der Waals surface area contributed by atoms with Gasteiger partial charge in [-0.05, 0) is 43.7 Å². The van der Waals surface area contributed by atoms with Gasteiger partial charge in [0.25, 0.3) is 0 Å². The van der Waals surface area contributed by atoms with E-state index in [4.69, 9.17) is 4.74 Å². The number of unbranched alkanes of at least 4 members (excludes halogenated alkanes) is 1. The summed E-state index contributed by atoms with van der Waals surface area (Å²) in [6, 6.07) is 6.79. The summed E-state index contributed by atoms with van der Waals surface area (Å²) in [6.07, 6.45) is 3.19. The summed E-state index contributed by atoms with van der Waals surface area (Å²) >= 11 is 0. The minimum atomic E-state index is -3.39. The fourth-order valence-corrected chi connectivity index (χ4v) is 4.12. The lowest BCUT2D eigenvalue weighted by atomic mass is 10.3. The lowest BCUT2D eigenvalue weighted by molar-refractivity contribution is 0.188. The van der Waals surface area contributed by atoms with Crippen molar-refractivity contribution in [1.29, 1.82) is 0 Å². The molecule has 0 aliphatic carbocycles. The summed E-state index contributed by atoms with van der Waals surface area (Å²) < 4.78 is 32.6. The predicted molar refractivity (Wildman–Crippen MR) is 92.3 cm³/mol. The number of nitrogens with zero attached hydrogens (tertiary/aromatic N) is 2. The molecular formula is C17H28N2O3S. The second-order valence-electron chi connectivity index (χ2n) is 5.92. The number of benzene rings is 1. The van der Waals surface area contributed by atoms with E-state index in [9.17, 15) is 8.42 Å². The molecule has 5 nitrogen and oxygen atoms in total. The molecule has 0 radical (unpaired) electrons.